The van der Waals surface area contributed by atoms with Crippen LogP contribution in [0, 0.1) is 20.8 Å². The fourth-order valence-corrected chi connectivity index (χ4v) is 4.73. The standard InChI is InChI=1S/C31H47NO3.ClH/c1-21(2)12-9-13-22(3)14-10-15-23(4)16-11-18-31(8)19-17-27-26(7)29(34-28(33)20-32)24(5)25(6)30(27)35-31;/h12,14,16H,9-11,13,15,17-20,32H2,1-8H3;1H/b22-14+,23-16+;. The minimum atomic E-state index is -0.409. The highest BCUT2D eigenvalue weighted by Gasteiger charge is 2.34. The molecule has 1 heterocycles. The molecule has 4 nitrogen and oxygen atoms in total. The molecule has 0 aliphatic carbocycles. The monoisotopic (exact) mass is 517 g/mol. The lowest BCUT2D eigenvalue weighted by atomic mass is 9.85. The predicted octanol–water partition coefficient (Wildman–Crippen LogP) is 8.18. The van der Waals surface area contributed by atoms with E-state index in [-0.39, 0.29) is 24.6 Å². The van der Waals surface area contributed by atoms with Crippen LogP contribution in [-0.4, -0.2) is 18.1 Å². The van der Waals surface area contributed by atoms with E-state index in [4.69, 9.17) is 15.2 Å². The first kappa shape index (κ1) is 32.0. The average molecular weight is 518 g/mol. The van der Waals surface area contributed by atoms with Crippen molar-refractivity contribution < 1.29 is 14.3 Å². The van der Waals surface area contributed by atoms with Gasteiger partial charge in [-0.2, -0.15) is 0 Å². The molecule has 1 aliphatic rings. The van der Waals surface area contributed by atoms with E-state index in [1.165, 1.54) is 16.7 Å². The molecule has 0 radical (unpaired) electrons. The average Bonchev–Trinajstić information content (AvgIpc) is 2.79. The summed E-state index contributed by atoms with van der Waals surface area (Å²) in [7, 11) is 0. The second-order valence-electron chi connectivity index (χ2n) is 10.7. The van der Waals surface area contributed by atoms with Gasteiger partial charge in [0.15, 0.2) is 0 Å². The van der Waals surface area contributed by atoms with Gasteiger partial charge in [-0.3, -0.25) is 4.79 Å². The molecule has 0 aromatic heterocycles. The second kappa shape index (κ2) is 14.6. The molecule has 0 saturated carbocycles. The van der Waals surface area contributed by atoms with Crippen LogP contribution in [0.1, 0.15) is 102 Å². The van der Waals surface area contributed by atoms with Crippen molar-refractivity contribution in [1.82, 2.24) is 0 Å². The quantitative estimate of drug-likeness (QED) is 0.182. The molecule has 1 aromatic carbocycles. The Hall–Kier alpha value is -2.04. The molecule has 0 fully saturated rings. The summed E-state index contributed by atoms with van der Waals surface area (Å²) < 4.78 is 12.2. The molecule has 1 atom stereocenters. The van der Waals surface area contributed by atoms with Gasteiger partial charge in [-0.05, 0) is 123 Å². The van der Waals surface area contributed by atoms with Gasteiger partial charge in [-0.1, -0.05) is 34.9 Å². The Morgan fingerprint density at radius 1 is 0.944 bits per heavy atom. The fourth-order valence-electron chi connectivity index (χ4n) is 4.73. The van der Waals surface area contributed by atoms with Crippen molar-refractivity contribution in [3.63, 3.8) is 0 Å². The second-order valence-corrected chi connectivity index (χ2v) is 10.7. The number of nitrogens with two attached hydrogens (primary N) is 1. The molecular formula is C31H48ClNO3. The molecule has 0 bridgehead atoms. The van der Waals surface area contributed by atoms with Gasteiger partial charge in [0.05, 0.1) is 6.54 Å². The summed E-state index contributed by atoms with van der Waals surface area (Å²) in [6.07, 6.45) is 15.5. The van der Waals surface area contributed by atoms with E-state index in [1.807, 2.05) is 13.8 Å². The van der Waals surface area contributed by atoms with Gasteiger partial charge in [0.25, 0.3) is 0 Å². The van der Waals surface area contributed by atoms with E-state index in [2.05, 4.69) is 59.8 Å². The van der Waals surface area contributed by atoms with Crippen molar-refractivity contribution in [2.75, 3.05) is 6.54 Å². The van der Waals surface area contributed by atoms with Crippen LogP contribution >= 0.6 is 12.4 Å². The highest BCUT2D eigenvalue weighted by Crippen LogP contribution is 2.44. The zero-order valence-corrected chi connectivity index (χ0v) is 24.6. The summed E-state index contributed by atoms with van der Waals surface area (Å²) >= 11 is 0. The minimum Gasteiger partial charge on any atom is -0.487 e. The molecule has 2 rings (SSSR count). The Morgan fingerprint density at radius 2 is 1.53 bits per heavy atom. The van der Waals surface area contributed by atoms with Crippen molar-refractivity contribution >= 4 is 18.4 Å². The van der Waals surface area contributed by atoms with E-state index < -0.39 is 5.97 Å². The maximum Gasteiger partial charge on any atom is 0.325 e. The molecule has 1 aliphatic heterocycles. The van der Waals surface area contributed by atoms with Crippen LogP contribution in [0.3, 0.4) is 0 Å². The zero-order chi connectivity index (χ0) is 26.2. The van der Waals surface area contributed by atoms with Crippen LogP contribution in [0.4, 0.5) is 0 Å². The summed E-state index contributed by atoms with van der Waals surface area (Å²) in [6.45, 7) is 17.0. The molecular weight excluding hydrogens is 470 g/mol. The predicted molar refractivity (Wildman–Crippen MR) is 155 cm³/mol. The van der Waals surface area contributed by atoms with Gasteiger partial charge < -0.3 is 15.2 Å². The Labute approximate surface area is 225 Å². The van der Waals surface area contributed by atoms with Gasteiger partial charge in [0.2, 0.25) is 0 Å². The maximum atomic E-state index is 11.8. The summed E-state index contributed by atoms with van der Waals surface area (Å²) in [5.41, 5.74) is 13.8. The summed E-state index contributed by atoms with van der Waals surface area (Å²) in [5, 5.41) is 0. The lowest BCUT2D eigenvalue weighted by Gasteiger charge is -2.38. The third kappa shape index (κ3) is 9.12. The summed E-state index contributed by atoms with van der Waals surface area (Å²) in [4.78, 5) is 11.8. The third-order valence-corrected chi connectivity index (χ3v) is 7.23. The number of allylic oxidation sites excluding steroid dienone is 6. The summed E-state index contributed by atoms with van der Waals surface area (Å²) in [5.74, 6) is 1.20. The number of carbonyl (C=O) groups is 1. The Kier molecular flexibility index (Phi) is 13.0. The van der Waals surface area contributed by atoms with Gasteiger partial charge in [-0.15, -0.1) is 12.4 Å². The number of fused-ring (bicyclic) bond motifs is 1. The Balaban J connectivity index is 0.00000648. The normalized spacial score (nSPS) is 17.6. The molecule has 1 unspecified atom stereocenters. The molecule has 1 aromatic rings. The molecule has 202 valence electrons. The Bertz CT molecular complexity index is 1000. The van der Waals surface area contributed by atoms with Crippen molar-refractivity contribution in [3.05, 3.63) is 57.2 Å². The molecule has 5 heteroatoms. The van der Waals surface area contributed by atoms with Gasteiger partial charge in [-0.25, -0.2) is 0 Å². The first-order valence-corrected chi connectivity index (χ1v) is 13.1. The van der Waals surface area contributed by atoms with E-state index in [1.54, 1.807) is 0 Å². The SMILES string of the molecule is CC(C)=CCC/C(C)=C/CC/C(C)=C/CCC1(C)CCc2c(C)c(OC(=O)CN)c(C)c(C)c2O1.Cl. The zero-order valence-electron chi connectivity index (χ0n) is 23.8. The van der Waals surface area contributed by atoms with Gasteiger partial charge >= 0.3 is 5.97 Å². The molecule has 0 spiro atoms. The van der Waals surface area contributed by atoms with Gasteiger partial charge in [0.1, 0.15) is 17.1 Å². The number of hydrogen-bond acceptors (Lipinski definition) is 4. The number of carbonyl (C=O) groups excluding carboxylic acids is 1. The van der Waals surface area contributed by atoms with Crippen LogP contribution in [0.2, 0.25) is 0 Å². The summed E-state index contributed by atoms with van der Waals surface area (Å²) in [6, 6.07) is 0. The van der Waals surface area contributed by atoms with Crippen molar-refractivity contribution in [2.24, 2.45) is 5.73 Å². The van der Waals surface area contributed by atoms with Crippen LogP contribution in [0.5, 0.6) is 11.5 Å². The first-order chi connectivity index (χ1) is 16.5. The lowest BCUT2D eigenvalue weighted by Crippen LogP contribution is -2.37. The minimum absolute atomic E-state index is 0. The number of rotatable bonds is 11. The van der Waals surface area contributed by atoms with Crippen molar-refractivity contribution in [3.8, 4) is 11.5 Å². The van der Waals surface area contributed by atoms with Crippen LogP contribution in [0.25, 0.3) is 0 Å². The largest absolute Gasteiger partial charge is 0.487 e. The Morgan fingerprint density at radius 3 is 2.11 bits per heavy atom. The van der Waals surface area contributed by atoms with Gasteiger partial charge in [0, 0.05) is 5.56 Å². The molecule has 36 heavy (non-hydrogen) atoms. The van der Waals surface area contributed by atoms with Crippen molar-refractivity contribution in [1.29, 1.82) is 0 Å². The topological polar surface area (TPSA) is 61.5 Å². The lowest BCUT2D eigenvalue weighted by molar-refractivity contribution is -0.132. The molecule has 2 N–H and O–H groups in total. The highest BCUT2D eigenvalue weighted by atomic mass is 35.5. The number of hydrogen-bond donors (Lipinski definition) is 1. The van der Waals surface area contributed by atoms with Crippen molar-refractivity contribution in [2.45, 2.75) is 112 Å². The van der Waals surface area contributed by atoms with E-state index >= 15 is 0 Å². The number of benzene rings is 1. The third-order valence-electron chi connectivity index (χ3n) is 7.23. The number of halogens is 1. The van der Waals surface area contributed by atoms with Crippen LogP contribution in [-0.2, 0) is 11.2 Å². The highest BCUT2D eigenvalue weighted by molar-refractivity contribution is 5.85. The maximum absolute atomic E-state index is 11.8. The van der Waals surface area contributed by atoms with Crippen LogP contribution in [0.15, 0.2) is 34.9 Å². The first-order valence-electron chi connectivity index (χ1n) is 13.1. The van der Waals surface area contributed by atoms with E-state index in [0.717, 1.165) is 79.4 Å². The van der Waals surface area contributed by atoms with Crippen LogP contribution < -0.4 is 15.2 Å². The van der Waals surface area contributed by atoms with E-state index in [0.29, 0.717) is 5.75 Å². The number of esters is 1. The fraction of sp³-hybridized carbons (Fsp3) is 0.581. The number of ether oxygens (including phenoxy) is 2. The molecule has 0 amide bonds. The van der Waals surface area contributed by atoms with E-state index in [9.17, 15) is 4.79 Å². The smallest absolute Gasteiger partial charge is 0.325 e. The molecule has 0 saturated heterocycles.